The van der Waals surface area contributed by atoms with Crippen LogP contribution in [-0.4, -0.2) is 27.9 Å². The molecule has 0 aliphatic heterocycles. The molecule has 2 aromatic carbocycles. The summed E-state index contributed by atoms with van der Waals surface area (Å²) >= 11 is 0. The highest BCUT2D eigenvalue weighted by atomic mass is 32.2. The van der Waals surface area contributed by atoms with E-state index in [-0.39, 0.29) is 11.6 Å². The van der Waals surface area contributed by atoms with Gasteiger partial charge in [0, 0.05) is 24.1 Å². The molecule has 0 bridgehead atoms. The molecule has 0 amide bonds. The number of ether oxygens (including phenoxy) is 1. The summed E-state index contributed by atoms with van der Waals surface area (Å²) in [5, 5.41) is 0. The summed E-state index contributed by atoms with van der Waals surface area (Å²) in [4.78, 5) is 11.7. The van der Waals surface area contributed by atoms with Gasteiger partial charge in [-0.25, -0.2) is 27.2 Å². The minimum Gasteiger partial charge on any atom is -0.439 e. The number of hydrogen-bond donors (Lipinski definition) is 1. The molecule has 0 aliphatic carbocycles. The fourth-order valence-electron chi connectivity index (χ4n) is 2.71. The first-order chi connectivity index (χ1) is 14.8. The molecule has 0 fully saturated rings. The molecule has 158 valence electrons. The smallest absolute Gasteiger partial charge is 0.264 e. The Morgan fingerprint density at radius 3 is 2.52 bits per heavy atom. The van der Waals surface area contributed by atoms with Gasteiger partial charge in [-0.05, 0) is 49.4 Å². The van der Waals surface area contributed by atoms with Gasteiger partial charge in [-0.1, -0.05) is 0 Å². The normalized spacial score (nSPS) is 11.3. The number of aromatic nitrogens is 4. The van der Waals surface area contributed by atoms with Crippen molar-refractivity contribution < 1.29 is 21.9 Å². The number of imidazole rings is 1. The van der Waals surface area contributed by atoms with Gasteiger partial charge in [-0.2, -0.15) is 4.98 Å². The van der Waals surface area contributed by atoms with Gasteiger partial charge in [-0.3, -0.25) is 9.29 Å². The van der Waals surface area contributed by atoms with E-state index < -0.39 is 26.6 Å². The topological polar surface area (TPSA) is 99.0 Å². The second-order valence-electron chi connectivity index (χ2n) is 6.39. The molecule has 1 N–H and O–H groups in total. The van der Waals surface area contributed by atoms with Crippen LogP contribution < -0.4 is 9.46 Å². The van der Waals surface area contributed by atoms with Crippen molar-refractivity contribution in [3.63, 3.8) is 0 Å². The predicted molar refractivity (Wildman–Crippen MR) is 108 cm³/mol. The maximum Gasteiger partial charge on any atom is 0.264 e. The minimum atomic E-state index is -4.31. The van der Waals surface area contributed by atoms with Gasteiger partial charge in [0.1, 0.15) is 40.2 Å². The van der Waals surface area contributed by atoms with E-state index >= 15 is 0 Å². The average Bonchev–Trinajstić information content (AvgIpc) is 3.26. The van der Waals surface area contributed by atoms with Crippen LogP contribution in [0.3, 0.4) is 0 Å². The minimum absolute atomic E-state index is 0.147. The summed E-state index contributed by atoms with van der Waals surface area (Å²) in [6.07, 6.45) is 4.94. The Morgan fingerprint density at radius 2 is 1.81 bits per heavy atom. The molecule has 0 atom stereocenters. The van der Waals surface area contributed by atoms with Crippen LogP contribution in [0.1, 0.15) is 5.82 Å². The van der Waals surface area contributed by atoms with Gasteiger partial charge >= 0.3 is 0 Å². The first-order valence-electron chi connectivity index (χ1n) is 8.90. The van der Waals surface area contributed by atoms with Gasteiger partial charge in [0.15, 0.2) is 0 Å². The molecule has 2 heterocycles. The molecule has 11 heteroatoms. The first-order valence-corrected chi connectivity index (χ1v) is 10.4. The Labute approximate surface area is 176 Å². The van der Waals surface area contributed by atoms with E-state index in [2.05, 4.69) is 19.7 Å². The van der Waals surface area contributed by atoms with E-state index in [0.717, 1.165) is 12.1 Å². The van der Waals surface area contributed by atoms with Crippen molar-refractivity contribution >= 4 is 15.7 Å². The molecule has 0 aliphatic rings. The van der Waals surface area contributed by atoms with Crippen molar-refractivity contribution in [2.75, 3.05) is 4.72 Å². The maximum absolute atomic E-state index is 13.8. The Kier molecular flexibility index (Phi) is 5.34. The number of hydrogen-bond acceptors (Lipinski definition) is 6. The molecular formula is C20H15F2N5O3S. The number of sulfonamides is 1. The van der Waals surface area contributed by atoms with E-state index in [1.165, 1.54) is 24.3 Å². The number of halogens is 2. The zero-order valence-electron chi connectivity index (χ0n) is 16.0. The lowest BCUT2D eigenvalue weighted by molar-refractivity contribution is 0.459. The van der Waals surface area contributed by atoms with E-state index in [1.807, 2.05) is 0 Å². The summed E-state index contributed by atoms with van der Waals surface area (Å²) in [6, 6.07) is 9.70. The first kappa shape index (κ1) is 20.4. The maximum atomic E-state index is 13.8. The van der Waals surface area contributed by atoms with Crippen molar-refractivity contribution in [1.82, 2.24) is 19.5 Å². The summed E-state index contributed by atoms with van der Waals surface area (Å²) in [7, 11) is -4.31. The summed E-state index contributed by atoms with van der Waals surface area (Å²) in [6.45, 7) is 1.72. The van der Waals surface area contributed by atoms with Crippen molar-refractivity contribution in [3.05, 3.63) is 84.7 Å². The molecule has 4 rings (SSSR count). The molecule has 8 nitrogen and oxygen atoms in total. The number of anilines is 1. The second-order valence-corrected chi connectivity index (χ2v) is 8.04. The Hall–Kier alpha value is -3.86. The fraction of sp³-hybridized carbons (Fsp3) is 0.0500. The van der Waals surface area contributed by atoms with Crippen LogP contribution in [-0.2, 0) is 10.0 Å². The van der Waals surface area contributed by atoms with Crippen LogP contribution in [0.5, 0.6) is 11.6 Å². The number of benzene rings is 2. The van der Waals surface area contributed by atoms with Gasteiger partial charge in [-0.15, -0.1) is 0 Å². The molecule has 0 radical (unpaired) electrons. The van der Waals surface area contributed by atoms with Crippen molar-refractivity contribution in [1.29, 1.82) is 0 Å². The van der Waals surface area contributed by atoms with Crippen LogP contribution in [0.15, 0.2) is 72.1 Å². The summed E-state index contributed by atoms with van der Waals surface area (Å²) in [5.41, 5.74) is 0.147. The third-order valence-electron chi connectivity index (χ3n) is 4.08. The van der Waals surface area contributed by atoms with Crippen LogP contribution in [0.2, 0.25) is 0 Å². The van der Waals surface area contributed by atoms with Crippen molar-refractivity contribution in [2.24, 2.45) is 0 Å². The highest BCUT2D eigenvalue weighted by Crippen LogP contribution is 2.25. The van der Waals surface area contributed by atoms with Crippen LogP contribution >= 0.6 is 0 Å². The summed E-state index contributed by atoms with van der Waals surface area (Å²) < 4.78 is 61.5. The van der Waals surface area contributed by atoms with E-state index in [4.69, 9.17) is 4.74 Å². The van der Waals surface area contributed by atoms with Gasteiger partial charge in [0.25, 0.3) is 10.0 Å². The van der Waals surface area contributed by atoms with Crippen molar-refractivity contribution in [3.8, 4) is 17.4 Å². The summed E-state index contributed by atoms with van der Waals surface area (Å²) in [5.74, 6) is -0.187. The fourth-order valence-corrected chi connectivity index (χ4v) is 3.86. The monoisotopic (exact) mass is 443 g/mol. The lowest BCUT2D eigenvalue weighted by Gasteiger charge is -2.11. The van der Waals surface area contributed by atoms with Gasteiger partial charge in [0.2, 0.25) is 5.88 Å². The molecule has 0 saturated heterocycles. The Bertz CT molecular complexity index is 1330. The predicted octanol–water partition coefficient (Wildman–Crippen LogP) is 3.84. The van der Waals surface area contributed by atoms with E-state index in [9.17, 15) is 17.2 Å². The molecule has 0 spiro atoms. The quantitative estimate of drug-likeness (QED) is 0.486. The van der Waals surface area contributed by atoms with Crippen molar-refractivity contribution in [2.45, 2.75) is 11.8 Å². The standard InChI is InChI=1S/C20H15F2N5O3S/c1-13-24-19(27-9-8-23-12-27)11-20(25-13)30-16-5-3-15(4-6-16)26-31(28,29)18-10-14(21)2-7-17(18)22/h2-12,26H,1H3. The molecule has 0 unspecified atom stereocenters. The Morgan fingerprint density at radius 1 is 1.03 bits per heavy atom. The average molecular weight is 443 g/mol. The van der Waals surface area contributed by atoms with E-state index in [0.29, 0.717) is 23.5 Å². The number of aryl methyl sites for hydroxylation is 1. The molecule has 4 aromatic rings. The van der Waals surface area contributed by atoms with Gasteiger partial charge < -0.3 is 4.74 Å². The third-order valence-corrected chi connectivity index (χ3v) is 5.48. The lowest BCUT2D eigenvalue weighted by atomic mass is 10.3. The number of nitrogens with zero attached hydrogens (tertiary/aromatic N) is 4. The zero-order chi connectivity index (χ0) is 22.0. The largest absolute Gasteiger partial charge is 0.439 e. The van der Waals surface area contributed by atoms with Crippen LogP contribution in [0.25, 0.3) is 5.82 Å². The second kappa shape index (κ2) is 8.11. The number of nitrogens with one attached hydrogen (secondary N) is 1. The third kappa shape index (κ3) is 4.67. The van der Waals surface area contributed by atoms with Gasteiger partial charge in [0.05, 0.1) is 0 Å². The highest BCUT2D eigenvalue weighted by molar-refractivity contribution is 7.92. The molecular weight excluding hydrogens is 428 g/mol. The van der Waals surface area contributed by atoms with Crippen LogP contribution in [0.4, 0.5) is 14.5 Å². The molecule has 0 saturated carbocycles. The van der Waals surface area contributed by atoms with Crippen LogP contribution in [0, 0.1) is 18.6 Å². The van der Waals surface area contributed by atoms with E-state index in [1.54, 1.807) is 36.3 Å². The Balaban J connectivity index is 1.52. The molecule has 31 heavy (non-hydrogen) atoms. The molecule has 2 aromatic heterocycles. The number of rotatable bonds is 6. The highest BCUT2D eigenvalue weighted by Gasteiger charge is 2.20. The SMILES string of the molecule is Cc1nc(Oc2ccc(NS(=O)(=O)c3cc(F)ccc3F)cc2)cc(-n2ccnc2)n1. The lowest BCUT2D eigenvalue weighted by Crippen LogP contribution is -2.14. The zero-order valence-corrected chi connectivity index (χ0v) is 16.8.